The van der Waals surface area contributed by atoms with Crippen LogP contribution in [-0.2, 0) is 13.0 Å². The molecule has 1 heterocycles. The van der Waals surface area contributed by atoms with Gasteiger partial charge in [-0.3, -0.25) is 14.9 Å². The van der Waals surface area contributed by atoms with Gasteiger partial charge in [-0.25, -0.2) is 4.98 Å². The number of hydrogen-bond donors (Lipinski definition) is 0. The van der Waals surface area contributed by atoms with Crippen molar-refractivity contribution in [3.8, 4) is 11.5 Å². The average Bonchev–Trinajstić information content (AvgIpc) is 2.88. The Morgan fingerprint density at radius 1 is 1.22 bits per heavy atom. The number of aromatic nitrogens is 2. The molecule has 1 aromatic heterocycles. The Kier molecular flexibility index (Phi) is 8.20. The van der Waals surface area contributed by atoms with Crippen LogP contribution in [0.25, 0.3) is 10.9 Å². The maximum Gasteiger partial charge on any atom is 0.315 e. The van der Waals surface area contributed by atoms with Gasteiger partial charge in [0.1, 0.15) is 12.4 Å². The zero-order chi connectivity index (χ0) is 26.5. The number of rotatable bonds is 9. The molecule has 0 atom stereocenters. The number of methoxy groups -OCH3 is 1. The molecule has 11 heteroatoms. The van der Waals surface area contributed by atoms with Crippen LogP contribution in [0.3, 0.4) is 0 Å². The second kappa shape index (κ2) is 11.5. The molecule has 0 bridgehead atoms. The van der Waals surface area contributed by atoms with E-state index in [0.717, 1.165) is 10.9 Å². The monoisotopic (exact) mass is 584 g/mol. The molecule has 0 saturated carbocycles. The lowest BCUT2D eigenvalue weighted by atomic mass is 10.1. The quantitative estimate of drug-likeness (QED) is 0.133. The number of ether oxygens (including phenoxy) is 2. The third-order valence-corrected chi connectivity index (χ3v) is 6.34. The van der Waals surface area contributed by atoms with Gasteiger partial charge in [-0.2, -0.15) is 9.78 Å². The van der Waals surface area contributed by atoms with Crippen molar-refractivity contribution in [1.82, 2.24) is 9.66 Å². The highest BCUT2D eigenvalue weighted by molar-refractivity contribution is 9.10. The molecule has 0 spiro atoms. The standard InChI is InChI=1S/C26H22BrClN4O5/c1-3-6-24-30-21-10-9-18(27)13-19(21)26(33)31(24)29-14-16-11-22(32(34)35)25(23(12-16)36-2)37-15-17-7-4-5-8-20(17)28/h4-5,7-14H,3,6,15H2,1-2H3. The fourth-order valence-electron chi connectivity index (χ4n) is 3.70. The van der Waals surface area contributed by atoms with E-state index in [1.54, 1.807) is 42.5 Å². The minimum absolute atomic E-state index is 0.0123. The van der Waals surface area contributed by atoms with E-state index < -0.39 is 4.92 Å². The van der Waals surface area contributed by atoms with Crippen molar-refractivity contribution in [2.75, 3.05) is 7.11 Å². The second-order valence-electron chi connectivity index (χ2n) is 8.01. The highest BCUT2D eigenvalue weighted by Gasteiger charge is 2.23. The summed E-state index contributed by atoms with van der Waals surface area (Å²) in [4.78, 5) is 29.2. The van der Waals surface area contributed by atoms with Crippen LogP contribution in [0.1, 0.15) is 30.3 Å². The first-order valence-corrected chi connectivity index (χ1v) is 12.5. The predicted octanol–water partition coefficient (Wildman–Crippen LogP) is 6.14. The summed E-state index contributed by atoms with van der Waals surface area (Å²) in [5, 5.41) is 17.1. The molecular formula is C26H22BrClN4O5. The largest absolute Gasteiger partial charge is 0.493 e. The molecule has 37 heavy (non-hydrogen) atoms. The molecular weight excluding hydrogens is 564 g/mol. The fourth-order valence-corrected chi connectivity index (χ4v) is 4.26. The van der Waals surface area contributed by atoms with Gasteiger partial charge in [0.05, 0.1) is 29.2 Å². The Hall–Kier alpha value is -3.76. The Labute approximate surface area is 225 Å². The van der Waals surface area contributed by atoms with Crippen molar-refractivity contribution in [1.29, 1.82) is 0 Å². The summed E-state index contributed by atoms with van der Waals surface area (Å²) < 4.78 is 13.1. The van der Waals surface area contributed by atoms with Gasteiger partial charge in [0.15, 0.2) is 5.75 Å². The first-order chi connectivity index (χ1) is 17.8. The van der Waals surface area contributed by atoms with Crippen molar-refractivity contribution in [2.45, 2.75) is 26.4 Å². The van der Waals surface area contributed by atoms with Crippen molar-refractivity contribution in [2.24, 2.45) is 5.10 Å². The van der Waals surface area contributed by atoms with Crippen LogP contribution in [0.5, 0.6) is 11.5 Å². The number of fused-ring (bicyclic) bond motifs is 1. The number of aryl methyl sites for hydroxylation is 1. The van der Waals surface area contributed by atoms with E-state index in [2.05, 4.69) is 26.0 Å². The molecule has 0 aliphatic heterocycles. The highest BCUT2D eigenvalue weighted by Crippen LogP contribution is 2.38. The molecule has 4 aromatic rings. The number of nitro benzene ring substituents is 1. The topological polar surface area (TPSA) is 109 Å². The molecule has 0 radical (unpaired) electrons. The van der Waals surface area contributed by atoms with Crippen LogP contribution in [-0.4, -0.2) is 27.9 Å². The molecule has 9 nitrogen and oxygen atoms in total. The van der Waals surface area contributed by atoms with Gasteiger partial charge < -0.3 is 9.47 Å². The first-order valence-electron chi connectivity index (χ1n) is 11.3. The van der Waals surface area contributed by atoms with Crippen molar-refractivity contribution >= 4 is 50.3 Å². The molecule has 0 fully saturated rings. The molecule has 4 rings (SSSR count). The summed E-state index contributed by atoms with van der Waals surface area (Å²) in [5.74, 6) is 0.592. The Morgan fingerprint density at radius 2 is 2.00 bits per heavy atom. The highest BCUT2D eigenvalue weighted by atomic mass is 79.9. The van der Waals surface area contributed by atoms with Crippen molar-refractivity contribution < 1.29 is 14.4 Å². The van der Waals surface area contributed by atoms with Crippen molar-refractivity contribution in [3.05, 3.63) is 102 Å². The molecule has 3 aromatic carbocycles. The predicted molar refractivity (Wildman–Crippen MR) is 146 cm³/mol. The lowest BCUT2D eigenvalue weighted by molar-refractivity contribution is -0.386. The number of hydrogen-bond acceptors (Lipinski definition) is 7. The minimum atomic E-state index is -0.564. The van der Waals surface area contributed by atoms with Gasteiger partial charge in [-0.15, -0.1) is 0 Å². The van der Waals surface area contributed by atoms with Gasteiger partial charge in [0.25, 0.3) is 5.56 Å². The van der Waals surface area contributed by atoms with E-state index in [0.29, 0.717) is 39.3 Å². The SMILES string of the molecule is CCCc1nc2ccc(Br)cc2c(=O)n1N=Cc1cc(OC)c(OCc2ccccc2Cl)c([N+](=O)[O-])c1. The second-order valence-corrected chi connectivity index (χ2v) is 9.33. The van der Waals surface area contributed by atoms with Crippen LogP contribution in [0, 0.1) is 10.1 Å². The lowest BCUT2D eigenvalue weighted by Gasteiger charge is -2.13. The lowest BCUT2D eigenvalue weighted by Crippen LogP contribution is -2.22. The molecule has 0 aliphatic rings. The van der Waals surface area contributed by atoms with Gasteiger partial charge in [-0.05, 0) is 36.8 Å². The number of benzene rings is 3. The Morgan fingerprint density at radius 3 is 2.70 bits per heavy atom. The summed E-state index contributed by atoms with van der Waals surface area (Å²) in [6.45, 7) is 1.99. The molecule has 0 aliphatic carbocycles. The van der Waals surface area contributed by atoms with Crippen LogP contribution in [0.15, 0.2) is 69.0 Å². The van der Waals surface area contributed by atoms with Gasteiger partial charge >= 0.3 is 5.69 Å². The average molecular weight is 586 g/mol. The number of nitrogens with zero attached hydrogens (tertiary/aromatic N) is 4. The van der Waals surface area contributed by atoms with Crippen LogP contribution < -0.4 is 15.0 Å². The van der Waals surface area contributed by atoms with Crippen LogP contribution >= 0.6 is 27.5 Å². The van der Waals surface area contributed by atoms with Crippen LogP contribution in [0.2, 0.25) is 5.02 Å². The smallest absolute Gasteiger partial charge is 0.315 e. The summed E-state index contributed by atoms with van der Waals surface area (Å²) in [7, 11) is 1.39. The zero-order valence-corrected chi connectivity index (χ0v) is 22.3. The van der Waals surface area contributed by atoms with E-state index >= 15 is 0 Å². The molecule has 0 amide bonds. The number of nitro groups is 1. The summed E-state index contributed by atoms with van der Waals surface area (Å²) in [5.41, 5.74) is 0.934. The molecule has 0 saturated heterocycles. The Balaban J connectivity index is 1.75. The molecule has 0 N–H and O–H groups in total. The zero-order valence-electron chi connectivity index (χ0n) is 20.0. The van der Waals surface area contributed by atoms with E-state index in [4.69, 9.17) is 21.1 Å². The van der Waals surface area contributed by atoms with Gasteiger partial charge in [-0.1, -0.05) is 52.7 Å². The fraction of sp³-hybridized carbons (Fsp3) is 0.192. The van der Waals surface area contributed by atoms with E-state index in [1.165, 1.54) is 24.1 Å². The van der Waals surface area contributed by atoms with E-state index in [9.17, 15) is 14.9 Å². The van der Waals surface area contributed by atoms with Crippen molar-refractivity contribution in [3.63, 3.8) is 0 Å². The maximum absolute atomic E-state index is 13.2. The van der Waals surface area contributed by atoms with Crippen LogP contribution in [0.4, 0.5) is 5.69 Å². The van der Waals surface area contributed by atoms with Gasteiger partial charge in [0.2, 0.25) is 5.75 Å². The normalized spacial score (nSPS) is 11.2. The van der Waals surface area contributed by atoms with E-state index in [-0.39, 0.29) is 29.4 Å². The summed E-state index contributed by atoms with van der Waals surface area (Å²) >= 11 is 9.57. The molecule has 0 unspecified atom stereocenters. The number of halogens is 2. The van der Waals surface area contributed by atoms with Gasteiger partial charge in [0, 0.05) is 33.1 Å². The summed E-state index contributed by atoms with van der Waals surface area (Å²) in [6, 6.07) is 15.2. The maximum atomic E-state index is 13.2. The Bertz CT molecular complexity index is 1570. The third kappa shape index (κ3) is 5.81. The third-order valence-electron chi connectivity index (χ3n) is 5.48. The summed E-state index contributed by atoms with van der Waals surface area (Å²) in [6.07, 6.45) is 2.64. The van der Waals surface area contributed by atoms with E-state index in [1.807, 2.05) is 13.0 Å². The minimum Gasteiger partial charge on any atom is -0.493 e. The first kappa shape index (κ1) is 26.3. The molecule has 190 valence electrons.